The number of aromatic nitrogens is 1. The van der Waals surface area contributed by atoms with E-state index in [1.807, 2.05) is 30.3 Å². The highest BCUT2D eigenvalue weighted by atomic mass is 35.5. The van der Waals surface area contributed by atoms with Gasteiger partial charge in [-0.25, -0.2) is 0 Å². The van der Waals surface area contributed by atoms with E-state index in [2.05, 4.69) is 24.4 Å². The van der Waals surface area contributed by atoms with Crippen molar-refractivity contribution in [1.82, 2.24) is 4.57 Å². The van der Waals surface area contributed by atoms with E-state index < -0.39 is 0 Å². The minimum Gasteiger partial charge on any atom is -0.375 e. The zero-order chi connectivity index (χ0) is 17.6. The number of pyridine rings is 1. The molecule has 0 amide bonds. The zero-order valence-corrected chi connectivity index (χ0v) is 15.2. The van der Waals surface area contributed by atoms with Gasteiger partial charge in [-0.05, 0) is 67.0 Å². The molecule has 0 atom stereocenters. The number of aryl methyl sites for hydroxylation is 1. The van der Waals surface area contributed by atoms with E-state index in [-0.39, 0.29) is 11.1 Å². The van der Waals surface area contributed by atoms with Gasteiger partial charge in [-0.1, -0.05) is 29.8 Å². The highest BCUT2D eigenvalue weighted by molar-refractivity contribution is 6.31. The number of nitrogens with zero attached hydrogens (tertiary/aromatic N) is 1. The molecule has 4 heteroatoms. The van der Waals surface area contributed by atoms with E-state index in [1.165, 1.54) is 12.0 Å². The maximum Gasteiger partial charge on any atom is 0.258 e. The Kier molecular flexibility index (Phi) is 3.84. The van der Waals surface area contributed by atoms with Crippen molar-refractivity contribution in [3.05, 3.63) is 75.2 Å². The van der Waals surface area contributed by atoms with Crippen LogP contribution in [0.3, 0.4) is 0 Å². The summed E-state index contributed by atoms with van der Waals surface area (Å²) in [5.41, 5.74) is 3.31. The summed E-state index contributed by atoms with van der Waals surface area (Å²) < 4.78 is 1.62. The van der Waals surface area contributed by atoms with Gasteiger partial charge >= 0.3 is 0 Å². The largest absolute Gasteiger partial charge is 0.375 e. The lowest BCUT2D eigenvalue weighted by molar-refractivity contribution is 0.283. The second kappa shape index (κ2) is 5.92. The van der Waals surface area contributed by atoms with Crippen molar-refractivity contribution in [3.63, 3.8) is 0 Å². The van der Waals surface area contributed by atoms with Crippen LogP contribution in [0.4, 0.5) is 5.69 Å². The van der Waals surface area contributed by atoms with Crippen LogP contribution < -0.4 is 10.9 Å². The lowest BCUT2D eigenvalue weighted by Crippen LogP contribution is -2.42. The second-order valence-electron chi connectivity index (χ2n) is 7.01. The predicted octanol–water partition coefficient (Wildman–Crippen LogP) is 4.99. The fourth-order valence-electron chi connectivity index (χ4n) is 3.81. The third-order valence-corrected chi connectivity index (χ3v) is 5.87. The Hall–Kier alpha value is -2.26. The first kappa shape index (κ1) is 16.2. The Morgan fingerprint density at radius 2 is 1.96 bits per heavy atom. The molecule has 25 heavy (non-hydrogen) atoms. The van der Waals surface area contributed by atoms with Crippen molar-refractivity contribution in [1.29, 1.82) is 0 Å². The number of benzene rings is 2. The number of hydrogen-bond acceptors (Lipinski definition) is 2. The fraction of sp³-hybridized carbons (Fsp3) is 0.286. The van der Waals surface area contributed by atoms with Crippen LogP contribution in [0, 0.1) is 6.92 Å². The smallest absolute Gasteiger partial charge is 0.258 e. The van der Waals surface area contributed by atoms with Crippen LogP contribution in [0.5, 0.6) is 0 Å². The molecule has 1 fully saturated rings. The third-order valence-electron chi connectivity index (χ3n) is 5.46. The SMILES string of the molecule is Cc1c(Cl)cccc1C1(Nc2ccc3ccn(C)c(=O)c3c2)CCC1. The molecule has 3 nitrogen and oxygen atoms in total. The molecule has 2 aromatic carbocycles. The number of nitrogens with one attached hydrogen (secondary N) is 1. The average molecular weight is 353 g/mol. The van der Waals surface area contributed by atoms with Gasteiger partial charge in [0.15, 0.2) is 0 Å². The molecule has 1 saturated carbocycles. The molecule has 0 radical (unpaired) electrons. The van der Waals surface area contributed by atoms with Crippen molar-refractivity contribution < 1.29 is 0 Å². The first-order chi connectivity index (χ1) is 12.0. The molecule has 1 N–H and O–H groups in total. The Morgan fingerprint density at radius 3 is 2.68 bits per heavy atom. The first-order valence-corrected chi connectivity index (χ1v) is 9.01. The van der Waals surface area contributed by atoms with Crippen LogP contribution in [0.1, 0.15) is 30.4 Å². The van der Waals surface area contributed by atoms with Crippen LogP contribution in [0.25, 0.3) is 10.8 Å². The number of rotatable bonds is 3. The molecule has 1 aliphatic rings. The maximum absolute atomic E-state index is 12.4. The number of hydrogen-bond donors (Lipinski definition) is 1. The van der Waals surface area contributed by atoms with E-state index in [9.17, 15) is 4.79 Å². The number of halogens is 1. The Labute approximate surface area is 152 Å². The van der Waals surface area contributed by atoms with Crippen LogP contribution in [-0.4, -0.2) is 4.57 Å². The topological polar surface area (TPSA) is 34.0 Å². The van der Waals surface area contributed by atoms with Crippen molar-refractivity contribution in [2.45, 2.75) is 31.7 Å². The Balaban J connectivity index is 1.78. The van der Waals surface area contributed by atoms with Crippen LogP contribution in [0.2, 0.25) is 5.02 Å². The van der Waals surface area contributed by atoms with Gasteiger partial charge in [0.25, 0.3) is 5.56 Å². The molecule has 4 rings (SSSR count). The summed E-state index contributed by atoms with van der Waals surface area (Å²) >= 11 is 6.35. The van der Waals surface area contributed by atoms with Crippen LogP contribution in [0.15, 0.2) is 53.5 Å². The monoisotopic (exact) mass is 352 g/mol. The molecular formula is C21H21ClN2O. The molecule has 0 bridgehead atoms. The van der Waals surface area contributed by atoms with Gasteiger partial charge in [-0.2, -0.15) is 0 Å². The van der Waals surface area contributed by atoms with Crippen molar-refractivity contribution in [2.24, 2.45) is 7.05 Å². The third kappa shape index (κ3) is 2.63. The fourth-order valence-corrected chi connectivity index (χ4v) is 3.98. The van der Waals surface area contributed by atoms with Crippen LogP contribution >= 0.6 is 11.6 Å². The number of fused-ring (bicyclic) bond motifs is 1. The van der Waals surface area contributed by atoms with Crippen molar-refractivity contribution in [3.8, 4) is 0 Å². The highest BCUT2D eigenvalue weighted by Crippen LogP contribution is 2.46. The zero-order valence-electron chi connectivity index (χ0n) is 14.5. The Bertz CT molecular complexity index is 1020. The van der Waals surface area contributed by atoms with E-state index in [4.69, 9.17) is 11.6 Å². The van der Waals surface area contributed by atoms with Crippen LogP contribution in [-0.2, 0) is 12.6 Å². The van der Waals surface area contributed by atoms with E-state index >= 15 is 0 Å². The van der Waals surface area contributed by atoms with E-state index in [0.29, 0.717) is 0 Å². The summed E-state index contributed by atoms with van der Waals surface area (Å²) in [4.78, 5) is 12.4. The normalized spacial score (nSPS) is 15.8. The van der Waals surface area contributed by atoms with Gasteiger partial charge < -0.3 is 9.88 Å². The van der Waals surface area contributed by atoms with E-state index in [0.717, 1.165) is 39.9 Å². The minimum atomic E-state index is -0.0946. The minimum absolute atomic E-state index is 0.0303. The second-order valence-corrected chi connectivity index (χ2v) is 7.41. The maximum atomic E-state index is 12.4. The van der Waals surface area contributed by atoms with E-state index in [1.54, 1.807) is 17.8 Å². The summed E-state index contributed by atoms with van der Waals surface area (Å²) in [7, 11) is 1.78. The molecule has 0 aliphatic heterocycles. The summed E-state index contributed by atoms with van der Waals surface area (Å²) in [5, 5.41) is 6.22. The lowest BCUT2D eigenvalue weighted by Gasteiger charge is -2.45. The first-order valence-electron chi connectivity index (χ1n) is 8.63. The Morgan fingerprint density at radius 1 is 1.16 bits per heavy atom. The molecule has 0 unspecified atom stereocenters. The van der Waals surface area contributed by atoms with Gasteiger partial charge in [0.2, 0.25) is 0 Å². The van der Waals surface area contributed by atoms with Gasteiger partial charge in [0.05, 0.1) is 5.54 Å². The molecule has 1 heterocycles. The molecule has 1 aliphatic carbocycles. The molecule has 1 aromatic heterocycles. The average Bonchev–Trinajstić information content (AvgIpc) is 2.58. The summed E-state index contributed by atoms with van der Waals surface area (Å²) in [6.07, 6.45) is 5.13. The lowest BCUT2D eigenvalue weighted by atomic mass is 9.70. The molecular weight excluding hydrogens is 332 g/mol. The standard InChI is InChI=1S/C21H21ClN2O/c1-14-18(5-3-6-19(14)22)21(10-4-11-21)23-16-8-7-15-9-12-24(2)20(25)17(15)13-16/h3,5-9,12-13,23H,4,10-11H2,1-2H3. The van der Waals surface area contributed by atoms with Gasteiger partial charge in [-0.3, -0.25) is 4.79 Å². The van der Waals surface area contributed by atoms with Crippen molar-refractivity contribution in [2.75, 3.05) is 5.32 Å². The summed E-state index contributed by atoms with van der Waals surface area (Å²) in [6, 6.07) is 14.1. The highest BCUT2D eigenvalue weighted by Gasteiger charge is 2.39. The summed E-state index contributed by atoms with van der Waals surface area (Å²) in [6.45, 7) is 2.08. The summed E-state index contributed by atoms with van der Waals surface area (Å²) in [5.74, 6) is 0. The van der Waals surface area contributed by atoms with Gasteiger partial charge in [-0.15, -0.1) is 0 Å². The number of anilines is 1. The molecule has 0 spiro atoms. The van der Waals surface area contributed by atoms with Gasteiger partial charge in [0.1, 0.15) is 0 Å². The van der Waals surface area contributed by atoms with Crippen molar-refractivity contribution >= 4 is 28.1 Å². The predicted molar refractivity (Wildman–Crippen MR) is 105 cm³/mol. The molecule has 3 aromatic rings. The molecule has 128 valence electrons. The van der Waals surface area contributed by atoms with Gasteiger partial charge in [0, 0.05) is 29.3 Å². The molecule has 0 saturated heterocycles. The quantitative estimate of drug-likeness (QED) is 0.720.